The molecule has 0 fully saturated rings. The molecule has 0 amide bonds. The van der Waals surface area contributed by atoms with E-state index >= 15 is 0 Å². The number of rotatable bonds is 3. The number of hydrogen-bond donors (Lipinski definition) is 1. The molecule has 0 saturated heterocycles. The molecule has 2 rings (SSSR count). The molecule has 0 aliphatic heterocycles. The van der Waals surface area contributed by atoms with E-state index in [0.29, 0.717) is 0 Å². The summed E-state index contributed by atoms with van der Waals surface area (Å²) in [7, 11) is 5.31. The Kier molecular flexibility index (Phi) is 3.41. The maximum atomic E-state index is 3.32. The minimum absolute atomic E-state index is 1.02. The molecular formula is C11H16N2P2. The Morgan fingerprint density at radius 2 is 2.13 bits per heavy atom. The molecule has 2 unspecified atom stereocenters. The Bertz CT molecular complexity index is 463. The summed E-state index contributed by atoms with van der Waals surface area (Å²) in [6.45, 7) is 3.14. The van der Waals surface area contributed by atoms with Gasteiger partial charge in [0.1, 0.15) is 0 Å². The molecule has 0 spiro atoms. The molecule has 15 heavy (non-hydrogen) atoms. The topological polar surface area (TPSA) is 19.0 Å². The maximum absolute atomic E-state index is 3.32. The highest BCUT2D eigenvalue weighted by Gasteiger charge is 2.03. The predicted molar refractivity (Wildman–Crippen MR) is 72.9 cm³/mol. The molecule has 0 radical (unpaired) electrons. The number of aromatic amines is 1. The summed E-state index contributed by atoms with van der Waals surface area (Å²) in [4.78, 5) is 3.32. The van der Waals surface area contributed by atoms with Crippen molar-refractivity contribution in [1.82, 2.24) is 9.42 Å². The van der Waals surface area contributed by atoms with Crippen LogP contribution in [0.1, 0.15) is 11.1 Å². The van der Waals surface area contributed by atoms with Gasteiger partial charge in [0, 0.05) is 23.6 Å². The fourth-order valence-electron chi connectivity index (χ4n) is 1.76. The molecule has 4 heteroatoms. The number of H-pyrrole nitrogens is 1. The summed E-state index contributed by atoms with van der Waals surface area (Å²) in [5, 5.41) is 1.34. The lowest BCUT2D eigenvalue weighted by Crippen LogP contribution is -2.01. The van der Waals surface area contributed by atoms with Crippen LogP contribution >= 0.6 is 18.8 Å². The van der Waals surface area contributed by atoms with Crippen LogP contribution in [0.2, 0.25) is 0 Å². The molecule has 0 aliphatic carbocycles. The normalized spacial score (nSPS) is 11.5. The number of benzene rings is 1. The Balaban J connectivity index is 2.29. The molecule has 1 N–H and O–H groups in total. The first-order valence-electron chi connectivity index (χ1n) is 5.00. The highest BCUT2D eigenvalue weighted by molar-refractivity contribution is 7.30. The molecule has 1 aromatic carbocycles. The highest BCUT2D eigenvalue weighted by Crippen LogP contribution is 2.20. The van der Waals surface area contributed by atoms with E-state index in [1.807, 2.05) is 4.44 Å². The van der Waals surface area contributed by atoms with Crippen LogP contribution in [-0.2, 0) is 6.42 Å². The minimum atomic E-state index is 1.02. The first kappa shape index (κ1) is 11.1. The molecule has 0 aliphatic rings. The Hall–Kier alpha value is -0.420. The zero-order valence-corrected chi connectivity index (χ0v) is 11.1. The third-order valence-corrected chi connectivity index (χ3v) is 3.08. The van der Waals surface area contributed by atoms with Crippen molar-refractivity contribution in [3.05, 3.63) is 35.5 Å². The Morgan fingerprint density at radius 1 is 1.33 bits per heavy atom. The molecule has 2 aromatic rings. The largest absolute Gasteiger partial charge is 0.361 e. The van der Waals surface area contributed by atoms with Gasteiger partial charge in [-0.05, 0) is 30.5 Å². The molecule has 1 aromatic heterocycles. The van der Waals surface area contributed by atoms with Crippen molar-refractivity contribution >= 4 is 29.7 Å². The highest BCUT2D eigenvalue weighted by atomic mass is 31.1. The molecule has 2 atom stereocenters. The second kappa shape index (κ2) is 4.61. The smallest absolute Gasteiger partial charge is 0.0459 e. The van der Waals surface area contributed by atoms with Gasteiger partial charge in [-0.25, -0.2) is 0 Å². The minimum Gasteiger partial charge on any atom is -0.361 e. The number of nitrogens with zero attached hydrogens (tertiary/aromatic N) is 1. The Morgan fingerprint density at radius 3 is 2.87 bits per heavy atom. The van der Waals surface area contributed by atoms with Gasteiger partial charge in [-0.3, -0.25) is 4.44 Å². The molecular weight excluding hydrogens is 222 g/mol. The second-order valence-electron chi connectivity index (χ2n) is 3.85. The van der Waals surface area contributed by atoms with Crippen molar-refractivity contribution < 1.29 is 0 Å². The van der Waals surface area contributed by atoms with E-state index in [1.54, 1.807) is 0 Å². The lowest BCUT2D eigenvalue weighted by molar-refractivity contribution is 0.728. The van der Waals surface area contributed by atoms with E-state index in [9.17, 15) is 0 Å². The van der Waals surface area contributed by atoms with Crippen molar-refractivity contribution in [1.29, 1.82) is 0 Å². The van der Waals surface area contributed by atoms with Crippen LogP contribution in [0, 0.1) is 6.92 Å². The van der Waals surface area contributed by atoms with E-state index in [1.165, 1.54) is 22.0 Å². The first-order valence-corrected chi connectivity index (χ1v) is 6.03. The summed E-state index contributed by atoms with van der Waals surface area (Å²) in [5.74, 6) is 0. The standard InChI is InChI=1S/C11H16N2P2/c1-8-2-3-10-9(4-5-13(14)15)7-12-11(10)6-8/h2-3,6-7,12H,4-5,14-15H2,1H3. The fraction of sp³-hybridized carbons (Fsp3) is 0.273. The fourth-order valence-corrected chi connectivity index (χ4v) is 2.01. The van der Waals surface area contributed by atoms with Gasteiger partial charge >= 0.3 is 0 Å². The zero-order chi connectivity index (χ0) is 10.8. The van der Waals surface area contributed by atoms with Gasteiger partial charge in [-0.1, -0.05) is 30.9 Å². The van der Waals surface area contributed by atoms with Crippen LogP contribution in [0.5, 0.6) is 0 Å². The van der Waals surface area contributed by atoms with Crippen LogP contribution in [0.4, 0.5) is 0 Å². The van der Waals surface area contributed by atoms with E-state index in [2.05, 4.69) is 55.1 Å². The van der Waals surface area contributed by atoms with Crippen LogP contribution < -0.4 is 0 Å². The average Bonchev–Trinajstić information content (AvgIpc) is 2.57. The molecule has 1 heterocycles. The van der Waals surface area contributed by atoms with Crippen molar-refractivity contribution in [2.75, 3.05) is 6.54 Å². The van der Waals surface area contributed by atoms with Crippen LogP contribution in [-0.4, -0.2) is 16.0 Å². The van der Waals surface area contributed by atoms with E-state index in [-0.39, 0.29) is 0 Å². The number of fused-ring (bicyclic) bond motifs is 1. The summed E-state index contributed by atoms with van der Waals surface area (Å²) in [6, 6.07) is 6.56. The summed E-state index contributed by atoms with van der Waals surface area (Å²) >= 11 is 0. The lowest BCUT2D eigenvalue weighted by atomic mass is 10.1. The van der Waals surface area contributed by atoms with Crippen molar-refractivity contribution in [3.8, 4) is 0 Å². The maximum Gasteiger partial charge on any atom is 0.0459 e. The van der Waals surface area contributed by atoms with Gasteiger partial charge in [0.05, 0.1) is 0 Å². The number of hydrogen-bond acceptors (Lipinski definition) is 1. The number of nitrogens with one attached hydrogen (secondary N) is 1. The summed E-state index contributed by atoms with van der Waals surface area (Å²) in [5.41, 5.74) is 3.93. The van der Waals surface area contributed by atoms with Gasteiger partial charge in [0.25, 0.3) is 0 Å². The van der Waals surface area contributed by atoms with Gasteiger partial charge < -0.3 is 4.98 Å². The van der Waals surface area contributed by atoms with Gasteiger partial charge in [0.15, 0.2) is 0 Å². The molecule has 0 bridgehead atoms. The van der Waals surface area contributed by atoms with Crippen molar-refractivity contribution in [3.63, 3.8) is 0 Å². The van der Waals surface area contributed by atoms with Gasteiger partial charge in [-0.2, -0.15) is 0 Å². The van der Waals surface area contributed by atoms with E-state index in [4.69, 9.17) is 0 Å². The SMILES string of the molecule is Cc1ccc2c(CCN(P)P)c[nH]c2c1. The van der Waals surface area contributed by atoms with Crippen LogP contribution in [0.15, 0.2) is 24.4 Å². The van der Waals surface area contributed by atoms with Gasteiger partial charge in [-0.15, -0.1) is 0 Å². The quantitative estimate of drug-likeness (QED) is 0.814. The van der Waals surface area contributed by atoms with Crippen molar-refractivity contribution in [2.45, 2.75) is 13.3 Å². The van der Waals surface area contributed by atoms with Crippen LogP contribution in [0.25, 0.3) is 10.9 Å². The molecule has 80 valence electrons. The monoisotopic (exact) mass is 238 g/mol. The van der Waals surface area contributed by atoms with Crippen molar-refractivity contribution in [2.24, 2.45) is 0 Å². The third kappa shape index (κ3) is 2.58. The third-order valence-electron chi connectivity index (χ3n) is 2.56. The predicted octanol–water partition coefficient (Wildman–Crippen LogP) is 2.90. The lowest BCUT2D eigenvalue weighted by Gasteiger charge is -2.07. The summed E-state index contributed by atoms with van der Waals surface area (Å²) < 4.78 is 2.05. The van der Waals surface area contributed by atoms with E-state index in [0.717, 1.165) is 13.0 Å². The van der Waals surface area contributed by atoms with Gasteiger partial charge in [0.2, 0.25) is 0 Å². The number of aromatic nitrogens is 1. The Labute approximate surface area is 94.9 Å². The molecule has 2 nitrogen and oxygen atoms in total. The second-order valence-corrected chi connectivity index (χ2v) is 5.77. The number of aryl methyl sites for hydroxylation is 1. The zero-order valence-electron chi connectivity index (χ0n) is 8.83. The molecule has 0 saturated carbocycles. The average molecular weight is 238 g/mol. The first-order chi connectivity index (χ1) is 7.16. The summed E-state index contributed by atoms with van der Waals surface area (Å²) in [6.07, 6.45) is 3.18. The van der Waals surface area contributed by atoms with E-state index < -0.39 is 0 Å². The van der Waals surface area contributed by atoms with Crippen LogP contribution in [0.3, 0.4) is 0 Å².